The summed E-state index contributed by atoms with van der Waals surface area (Å²) >= 11 is 0. The van der Waals surface area contributed by atoms with Crippen LogP contribution < -0.4 is 5.73 Å². The fourth-order valence-corrected chi connectivity index (χ4v) is 2.14. The van der Waals surface area contributed by atoms with Crippen molar-refractivity contribution >= 4 is 5.97 Å². The topological polar surface area (TPSA) is 64.8 Å². The summed E-state index contributed by atoms with van der Waals surface area (Å²) in [5.41, 5.74) is 5.13. The number of nitrogens with two attached hydrogens (primary N) is 1. The van der Waals surface area contributed by atoms with Gasteiger partial charge in [0.05, 0.1) is 13.2 Å². The molecule has 0 saturated carbocycles. The monoisotopic (exact) mass is 274 g/mol. The summed E-state index contributed by atoms with van der Waals surface area (Å²) in [7, 11) is 0. The summed E-state index contributed by atoms with van der Waals surface area (Å²) in [5, 5.41) is 0. The largest absolute Gasteiger partial charge is 0.465 e. The summed E-state index contributed by atoms with van der Waals surface area (Å²) in [5.74, 6) is -0.331. The van der Waals surface area contributed by atoms with Crippen LogP contribution in [-0.2, 0) is 14.3 Å². The fourth-order valence-electron chi connectivity index (χ4n) is 2.14. The summed E-state index contributed by atoms with van der Waals surface area (Å²) in [6.45, 7) is 13.2. The van der Waals surface area contributed by atoms with Gasteiger partial charge in [0, 0.05) is 19.2 Å². The number of likely N-dealkylation sites (N-methyl/N-ethyl adjacent to an activating group) is 1. The van der Waals surface area contributed by atoms with E-state index in [-0.39, 0.29) is 12.0 Å². The van der Waals surface area contributed by atoms with Crippen LogP contribution >= 0.6 is 0 Å². The van der Waals surface area contributed by atoms with Gasteiger partial charge in [0.2, 0.25) is 0 Å². The van der Waals surface area contributed by atoms with Gasteiger partial charge in [0.25, 0.3) is 0 Å². The molecule has 0 rings (SSSR count). The van der Waals surface area contributed by atoms with E-state index in [0.717, 1.165) is 19.7 Å². The van der Waals surface area contributed by atoms with E-state index in [2.05, 4.69) is 18.7 Å². The number of carbonyl (C=O) groups excluding carboxylic acids is 1. The molecule has 2 N–H and O–H groups in total. The SMILES string of the molecule is CCOCCN(CC)C(C)CC(C)(N)C(=O)OCC. The van der Waals surface area contributed by atoms with Gasteiger partial charge in [-0.2, -0.15) is 0 Å². The Balaban J connectivity index is 4.37. The van der Waals surface area contributed by atoms with Crippen LogP contribution in [0.3, 0.4) is 0 Å². The van der Waals surface area contributed by atoms with E-state index in [1.165, 1.54) is 0 Å². The van der Waals surface area contributed by atoms with Crippen molar-refractivity contribution in [3.8, 4) is 0 Å². The lowest BCUT2D eigenvalue weighted by atomic mass is 9.94. The summed E-state index contributed by atoms with van der Waals surface area (Å²) in [6.07, 6.45) is 0.575. The standard InChI is InChI=1S/C14H30N2O3/c1-6-16(9-10-18-7-2)12(4)11-14(5,15)13(17)19-8-3/h12H,6-11,15H2,1-5H3. The predicted molar refractivity (Wildman–Crippen MR) is 77.0 cm³/mol. The molecule has 2 unspecified atom stereocenters. The first-order chi connectivity index (χ1) is 8.88. The van der Waals surface area contributed by atoms with Crippen molar-refractivity contribution in [3.63, 3.8) is 0 Å². The zero-order chi connectivity index (χ0) is 14.9. The Morgan fingerprint density at radius 3 is 2.42 bits per heavy atom. The van der Waals surface area contributed by atoms with E-state index >= 15 is 0 Å². The van der Waals surface area contributed by atoms with Crippen LogP contribution in [0.1, 0.15) is 41.0 Å². The second-order valence-electron chi connectivity index (χ2n) is 5.02. The average Bonchev–Trinajstić information content (AvgIpc) is 2.34. The normalized spacial score (nSPS) is 16.2. The maximum atomic E-state index is 11.8. The molecule has 0 aliphatic rings. The first kappa shape index (κ1) is 18.4. The Morgan fingerprint density at radius 2 is 1.95 bits per heavy atom. The highest BCUT2D eigenvalue weighted by atomic mass is 16.5. The molecule has 0 spiro atoms. The molecule has 5 nitrogen and oxygen atoms in total. The lowest BCUT2D eigenvalue weighted by Crippen LogP contribution is -2.51. The van der Waals surface area contributed by atoms with Crippen molar-refractivity contribution in [1.82, 2.24) is 4.90 Å². The van der Waals surface area contributed by atoms with Crippen molar-refractivity contribution in [1.29, 1.82) is 0 Å². The Morgan fingerprint density at radius 1 is 1.32 bits per heavy atom. The van der Waals surface area contributed by atoms with Crippen LogP contribution in [0.4, 0.5) is 0 Å². The lowest BCUT2D eigenvalue weighted by molar-refractivity contribution is -0.149. The molecular formula is C14H30N2O3. The third kappa shape index (κ3) is 6.89. The van der Waals surface area contributed by atoms with Gasteiger partial charge in [0.15, 0.2) is 0 Å². The minimum Gasteiger partial charge on any atom is -0.465 e. The maximum absolute atomic E-state index is 11.8. The summed E-state index contributed by atoms with van der Waals surface area (Å²) < 4.78 is 10.4. The second-order valence-corrected chi connectivity index (χ2v) is 5.02. The van der Waals surface area contributed by atoms with Crippen LogP contribution in [0.5, 0.6) is 0 Å². The van der Waals surface area contributed by atoms with Gasteiger partial charge in [-0.25, -0.2) is 0 Å². The highest BCUT2D eigenvalue weighted by Gasteiger charge is 2.33. The van der Waals surface area contributed by atoms with Gasteiger partial charge in [-0.3, -0.25) is 9.69 Å². The zero-order valence-electron chi connectivity index (χ0n) is 13.1. The fraction of sp³-hybridized carbons (Fsp3) is 0.929. The minimum absolute atomic E-state index is 0.213. The molecule has 0 aromatic heterocycles. The van der Waals surface area contributed by atoms with Crippen molar-refractivity contribution in [2.75, 3.05) is 32.9 Å². The molecule has 0 aromatic rings. The van der Waals surface area contributed by atoms with Gasteiger partial charge in [-0.05, 0) is 40.7 Å². The van der Waals surface area contributed by atoms with E-state index in [1.54, 1.807) is 13.8 Å². The third-order valence-electron chi connectivity index (χ3n) is 3.22. The van der Waals surface area contributed by atoms with Crippen molar-refractivity contribution < 1.29 is 14.3 Å². The number of carbonyl (C=O) groups is 1. The van der Waals surface area contributed by atoms with Crippen molar-refractivity contribution in [2.45, 2.75) is 52.6 Å². The Labute approximate surface area is 117 Å². The molecule has 0 aliphatic heterocycles. The van der Waals surface area contributed by atoms with Gasteiger partial charge in [0.1, 0.15) is 5.54 Å². The first-order valence-corrected chi connectivity index (χ1v) is 7.16. The highest BCUT2D eigenvalue weighted by Crippen LogP contribution is 2.15. The van der Waals surface area contributed by atoms with Gasteiger partial charge < -0.3 is 15.2 Å². The molecule has 0 amide bonds. The van der Waals surface area contributed by atoms with Crippen LogP contribution in [-0.4, -0.2) is 55.4 Å². The Hall–Kier alpha value is -0.650. The van der Waals surface area contributed by atoms with Crippen LogP contribution in [0.2, 0.25) is 0 Å². The Bertz CT molecular complexity index is 257. The number of rotatable bonds is 10. The summed E-state index contributed by atoms with van der Waals surface area (Å²) in [6, 6.07) is 0.213. The molecule has 19 heavy (non-hydrogen) atoms. The smallest absolute Gasteiger partial charge is 0.325 e. The van der Waals surface area contributed by atoms with Gasteiger partial charge >= 0.3 is 5.97 Å². The average molecular weight is 274 g/mol. The molecule has 0 aromatic carbocycles. The van der Waals surface area contributed by atoms with E-state index < -0.39 is 5.54 Å². The van der Waals surface area contributed by atoms with E-state index in [1.807, 2.05) is 6.92 Å². The molecule has 0 radical (unpaired) electrons. The predicted octanol–water partition coefficient (Wildman–Crippen LogP) is 1.40. The molecule has 0 heterocycles. The highest BCUT2D eigenvalue weighted by molar-refractivity contribution is 5.80. The van der Waals surface area contributed by atoms with Crippen LogP contribution in [0.15, 0.2) is 0 Å². The number of nitrogens with zero attached hydrogens (tertiary/aromatic N) is 1. The van der Waals surface area contributed by atoms with E-state index in [0.29, 0.717) is 19.6 Å². The lowest BCUT2D eigenvalue weighted by Gasteiger charge is -2.33. The third-order valence-corrected chi connectivity index (χ3v) is 3.22. The minimum atomic E-state index is -0.936. The van der Waals surface area contributed by atoms with Crippen LogP contribution in [0.25, 0.3) is 0 Å². The molecular weight excluding hydrogens is 244 g/mol. The number of hydrogen-bond donors (Lipinski definition) is 1. The quantitative estimate of drug-likeness (QED) is 0.482. The molecule has 2 atom stereocenters. The summed E-state index contributed by atoms with van der Waals surface area (Å²) in [4.78, 5) is 14.0. The van der Waals surface area contributed by atoms with Gasteiger partial charge in [-0.15, -0.1) is 0 Å². The van der Waals surface area contributed by atoms with Gasteiger partial charge in [-0.1, -0.05) is 6.92 Å². The van der Waals surface area contributed by atoms with Crippen LogP contribution in [0, 0.1) is 0 Å². The van der Waals surface area contributed by atoms with E-state index in [9.17, 15) is 4.79 Å². The number of esters is 1. The number of hydrogen-bond acceptors (Lipinski definition) is 5. The molecule has 0 aliphatic carbocycles. The molecule has 5 heteroatoms. The molecule has 0 saturated heterocycles. The zero-order valence-corrected chi connectivity index (χ0v) is 13.1. The molecule has 0 bridgehead atoms. The Kier molecular flexibility index (Phi) is 8.97. The maximum Gasteiger partial charge on any atom is 0.325 e. The molecule has 114 valence electrons. The second kappa shape index (κ2) is 9.28. The van der Waals surface area contributed by atoms with Crippen molar-refractivity contribution in [2.24, 2.45) is 5.73 Å². The molecule has 0 fully saturated rings. The first-order valence-electron chi connectivity index (χ1n) is 7.16. The number of ether oxygens (including phenoxy) is 2. The van der Waals surface area contributed by atoms with E-state index in [4.69, 9.17) is 15.2 Å². The van der Waals surface area contributed by atoms with Crippen molar-refractivity contribution in [3.05, 3.63) is 0 Å².